The largest absolute Gasteiger partial charge is 0.493 e. The number of para-hydroxylation sites is 1. The zero-order chi connectivity index (χ0) is 19.7. The van der Waals surface area contributed by atoms with Crippen LogP contribution in [-0.4, -0.2) is 41.6 Å². The van der Waals surface area contributed by atoms with E-state index in [4.69, 9.17) is 21.1 Å². The third-order valence-corrected chi connectivity index (χ3v) is 4.77. The zero-order valence-corrected chi connectivity index (χ0v) is 16.1. The van der Waals surface area contributed by atoms with E-state index in [1.54, 1.807) is 31.5 Å². The van der Waals surface area contributed by atoms with Crippen molar-refractivity contribution in [2.45, 2.75) is 6.42 Å². The number of rotatable bonds is 5. The van der Waals surface area contributed by atoms with Crippen molar-refractivity contribution in [1.82, 2.24) is 20.3 Å². The van der Waals surface area contributed by atoms with Gasteiger partial charge < -0.3 is 25.1 Å². The second-order valence-electron chi connectivity index (χ2n) is 6.11. The number of carbonyl (C=O) groups is 1. The van der Waals surface area contributed by atoms with Crippen LogP contribution in [-0.2, 0) is 6.42 Å². The lowest BCUT2D eigenvalue weighted by atomic mass is 10.1. The molecule has 1 aliphatic rings. The average molecular weight is 400 g/mol. The van der Waals surface area contributed by atoms with E-state index >= 15 is 0 Å². The Morgan fingerprint density at radius 1 is 1.21 bits per heavy atom. The lowest BCUT2D eigenvalue weighted by Crippen LogP contribution is -2.31. The Bertz CT molecular complexity index is 1050. The highest BCUT2D eigenvalue weighted by Gasteiger charge is 2.28. The van der Waals surface area contributed by atoms with Crippen LogP contribution in [0, 0.1) is 0 Å². The number of methoxy groups -OCH3 is 2. The molecule has 1 aromatic carbocycles. The van der Waals surface area contributed by atoms with Gasteiger partial charge in [-0.25, -0.2) is 4.98 Å². The van der Waals surface area contributed by atoms with Crippen LogP contribution in [0.4, 0.5) is 11.4 Å². The Labute approximate surface area is 166 Å². The van der Waals surface area contributed by atoms with Crippen molar-refractivity contribution in [2.24, 2.45) is 0 Å². The van der Waals surface area contributed by atoms with Crippen LogP contribution in [0.3, 0.4) is 0 Å². The third-order valence-electron chi connectivity index (χ3n) is 4.47. The number of fused-ring (bicyclic) bond motifs is 1. The van der Waals surface area contributed by atoms with Crippen LogP contribution >= 0.6 is 11.6 Å². The van der Waals surface area contributed by atoms with Gasteiger partial charge in [0.1, 0.15) is 0 Å². The quantitative estimate of drug-likeness (QED) is 0.609. The van der Waals surface area contributed by atoms with Crippen molar-refractivity contribution < 1.29 is 14.3 Å². The fourth-order valence-corrected chi connectivity index (χ4v) is 3.48. The molecule has 0 radical (unpaired) electrons. The standard InChI is InChI=1S/C19H18ClN5O3/c1-27-17-10(20)4-3-5-13(17)24-16-14-11(6-8-21-18(14)26)23-15(16)12-7-9-22-19(25-12)28-2/h3-5,7,9,23-24H,6,8H2,1-2H3,(H,21,26). The summed E-state index contributed by atoms with van der Waals surface area (Å²) in [6, 6.07) is 7.36. The van der Waals surface area contributed by atoms with E-state index in [0.29, 0.717) is 52.1 Å². The minimum absolute atomic E-state index is 0.159. The third kappa shape index (κ3) is 3.11. The van der Waals surface area contributed by atoms with Crippen LogP contribution in [0.15, 0.2) is 30.5 Å². The highest BCUT2D eigenvalue weighted by molar-refractivity contribution is 6.32. The number of anilines is 2. The molecule has 0 aliphatic carbocycles. The van der Waals surface area contributed by atoms with E-state index in [1.165, 1.54) is 7.11 Å². The van der Waals surface area contributed by atoms with Gasteiger partial charge in [0.2, 0.25) is 0 Å². The number of benzene rings is 1. The summed E-state index contributed by atoms with van der Waals surface area (Å²) in [5.41, 5.74) is 3.86. The molecule has 3 aromatic rings. The number of amides is 1. The van der Waals surface area contributed by atoms with E-state index in [2.05, 4.69) is 25.6 Å². The highest BCUT2D eigenvalue weighted by Crippen LogP contribution is 2.40. The molecule has 1 amide bonds. The molecule has 3 N–H and O–H groups in total. The summed E-state index contributed by atoms with van der Waals surface area (Å²) in [6.07, 6.45) is 2.29. The van der Waals surface area contributed by atoms with Crippen molar-refractivity contribution in [1.29, 1.82) is 0 Å². The molecule has 0 saturated carbocycles. The topological polar surface area (TPSA) is 101 Å². The van der Waals surface area contributed by atoms with Gasteiger partial charge in [-0.2, -0.15) is 4.98 Å². The summed E-state index contributed by atoms with van der Waals surface area (Å²) in [5, 5.41) is 6.65. The molecule has 0 spiro atoms. The fraction of sp³-hybridized carbons (Fsp3) is 0.211. The van der Waals surface area contributed by atoms with E-state index in [-0.39, 0.29) is 11.9 Å². The Kier molecular flexibility index (Phi) is 4.79. The molecule has 1 aliphatic heterocycles. The lowest BCUT2D eigenvalue weighted by Gasteiger charge is -2.16. The maximum absolute atomic E-state index is 12.6. The first-order chi connectivity index (χ1) is 13.6. The number of ether oxygens (including phenoxy) is 2. The number of aromatic nitrogens is 3. The van der Waals surface area contributed by atoms with E-state index in [0.717, 1.165) is 5.69 Å². The molecule has 2 aromatic heterocycles. The van der Waals surface area contributed by atoms with Crippen molar-refractivity contribution in [3.05, 3.63) is 46.7 Å². The monoisotopic (exact) mass is 399 g/mol. The second kappa shape index (κ2) is 7.40. The van der Waals surface area contributed by atoms with Gasteiger partial charge in [0.25, 0.3) is 5.91 Å². The van der Waals surface area contributed by atoms with Gasteiger partial charge in [-0.15, -0.1) is 0 Å². The number of hydrogen-bond donors (Lipinski definition) is 3. The summed E-state index contributed by atoms with van der Waals surface area (Å²) >= 11 is 6.25. The molecular weight excluding hydrogens is 382 g/mol. The Balaban J connectivity index is 1.89. The van der Waals surface area contributed by atoms with Crippen molar-refractivity contribution in [3.8, 4) is 23.1 Å². The van der Waals surface area contributed by atoms with Crippen LogP contribution < -0.4 is 20.1 Å². The number of nitrogens with one attached hydrogen (secondary N) is 3. The predicted octanol–water partition coefficient (Wildman–Crippen LogP) is 3.17. The minimum atomic E-state index is -0.159. The molecule has 0 fully saturated rings. The van der Waals surface area contributed by atoms with Gasteiger partial charge in [0.05, 0.1) is 47.6 Å². The first kappa shape index (κ1) is 18.1. The first-order valence-electron chi connectivity index (χ1n) is 8.62. The summed E-state index contributed by atoms with van der Waals surface area (Å²) < 4.78 is 10.6. The van der Waals surface area contributed by atoms with E-state index in [9.17, 15) is 4.79 Å². The number of carbonyl (C=O) groups excluding carboxylic acids is 1. The molecule has 9 heteroatoms. The first-order valence-corrected chi connectivity index (χ1v) is 9.00. The highest BCUT2D eigenvalue weighted by atomic mass is 35.5. The van der Waals surface area contributed by atoms with Crippen LogP contribution in [0.5, 0.6) is 11.8 Å². The molecule has 0 saturated heterocycles. The van der Waals surface area contributed by atoms with Gasteiger partial charge in [-0.3, -0.25) is 4.79 Å². The number of hydrogen-bond acceptors (Lipinski definition) is 6. The van der Waals surface area contributed by atoms with Gasteiger partial charge in [-0.1, -0.05) is 17.7 Å². The maximum Gasteiger partial charge on any atom is 0.316 e. The fourth-order valence-electron chi connectivity index (χ4n) is 3.22. The minimum Gasteiger partial charge on any atom is -0.493 e. The van der Waals surface area contributed by atoms with E-state index in [1.807, 2.05) is 6.07 Å². The SMILES string of the molecule is COc1nccc(-c2[nH]c3c(c2Nc2cccc(Cl)c2OC)C(=O)NCC3)n1. The molecule has 3 heterocycles. The summed E-state index contributed by atoms with van der Waals surface area (Å²) in [6.45, 7) is 0.568. The summed E-state index contributed by atoms with van der Waals surface area (Å²) in [4.78, 5) is 24.4. The second-order valence-corrected chi connectivity index (χ2v) is 6.52. The molecule has 8 nitrogen and oxygen atoms in total. The van der Waals surface area contributed by atoms with Crippen molar-refractivity contribution >= 4 is 28.9 Å². The van der Waals surface area contributed by atoms with Gasteiger partial charge in [-0.05, 0) is 18.2 Å². The zero-order valence-electron chi connectivity index (χ0n) is 15.3. The molecule has 144 valence electrons. The Morgan fingerprint density at radius 3 is 2.86 bits per heavy atom. The number of halogens is 1. The Morgan fingerprint density at radius 2 is 2.07 bits per heavy atom. The molecule has 0 atom stereocenters. The molecular formula is C19H18ClN5O3. The predicted molar refractivity (Wildman–Crippen MR) is 106 cm³/mol. The number of nitrogens with zero attached hydrogens (tertiary/aromatic N) is 2. The van der Waals surface area contributed by atoms with Crippen LogP contribution in [0.2, 0.25) is 5.02 Å². The average Bonchev–Trinajstić information content (AvgIpc) is 3.08. The molecule has 0 bridgehead atoms. The number of aromatic amines is 1. The van der Waals surface area contributed by atoms with Gasteiger partial charge in [0.15, 0.2) is 5.75 Å². The molecule has 0 unspecified atom stereocenters. The van der Waals surface area contributed by atoms with Crippen LogP contribution in [0.1, 0.15) is 16.1 Å². The summed E-state index contributed by atoms with van der Waals surface area (Å²) in [7, 11) is 3.05. The molecule has 28 heavy (non-hydrogen) atoms. The van der Waals surface area contributed by atoms with E-state index < -0.39 is 0 Å². The smallest absolute Gasteiger partial charge is 0.316 e. The normalized spacial score (nSPS) is 12.9. The summed E-state index contributed by atoms with van der Waals surface area (Å²) in [5.74, 6) is 0.329. The van der Waals surface area contributed by atoms with Crippen molar-refractivity contribution in [3.63, 3.8) is 0 Å². The lowest BCUT2D eigenvalue weighted by molar-refractivity contribution is 0.0947. The van der Waals surface area contributed by atoms with Crippen molar-refractivity contribution in [2.75, 3.05) is 26.1 Å². The van der Waals surface area contributed by atoms with Gasteiger partial charge >= 0.3 is 6.01 Å². The number of H-pyrrole nitrogens is 1. The molecule has 4 rings (SSSR count). The van der Waals surface area contributed by atoms with Crippen LogP contribution in [0.25, 0.3) is 11.4 Å². The van der Waals surface area contributed by atoms with Gasteiger partial charge in [0, 0.05) is 24.9 Å². The maximum atomic E-state index is 12.6. The Hall–Kier alpha value is -3.26.